The first-order chi connectivity index (χ1) is 12.4. The maximum atomic E-state index is 11.8. The van der Waals surface area contributed by atoms with Crippen LogP contribution in [0.3, 0.4) is 0 Å². The first kappa shape index (κ1) is 25.2. The van der Waals surface area contributed by atoms with Crippen LogP contribution in [0.5, 0.6) is 11.5 Å². The van der Waals surface area contributed by atoms with Gasteiger partial charge in [-0.25, -0.2) is 0 Å². The fraction of sp³-hybridized carbons (Fsp3) is 0.400. The number of benzene rings is 2. The van der Waals surface area contributed by atoms with Gasteiger partial charge < -0.3 is 14.7 Å². The molecule has 0 N–H and O–H groups in total. The van der Waals surface area contributed by atoms with Crippen molar-refractivity contribution in [2.24, 2.45) is 0 Å². The summed E-state index contributed by atoms with van der Waals surface area (Å²) < 4.78 is 20.5. The molecule has 0 aromatic heterocycles. The van der Waals surface area contributed by atoms with Crippen LogP contribution in [0.15, 0.2) is 48.5 Å². The van der Waals surface area contributed by atoms with Gasteiger partial charge >= 0.3 is 37.4 Å². The quantitative estimate of drug-likeness (QED) is 0.311. The molecule has 2 rings (SSSR count). The van der Waals surface area contributed by atoms with Gasteiger partial charge in [0.1, 0.15) is 0 Å². The Bertz CT molecular complexity index is 726. The monoisotopic (exact) mass is 416 g/mol. The van der Waals surface area contributed by atoms with Gasteiger partial charge in [-0.1, -0.05) is 65.8 Å². The second-order valence-corrected chi connectivity index (χ2v) is 9.50. The third-order valence-electron chi connectivity index (χ3n) is 3.89. The third kappa shape index (κ3) is 7.88. The zero-order valence-electron chi connectivity index (χ0n) is 17.5. The molecule has 2 aromatic rings. The Labute approximate surface area is 188 Å². The van der Waals surface area contributed by atoms with Gasteiger partial charge in [-0.2, -0.15) is 0 Å². The van der Waals surface area contributed by atoms with Gasteiger partial charge in [-0.3, -0.25) is 4.57 Å². The van der Waals surface area contributed by atoms with Crippen molar-refractivity contribution < 1.29 is 58.1 Å². The summed E-state index contributed by atoms with van der Waals surface area (Å²) in [4.78, 5) is 21.4. The molecule has 6 nitrogen and oxygen atoms in total. The van der Waals surface area contributed by atoms with Crippen molar-refractivity contribution in [3.8, 4) is 11.5 Å². The van der Waals surface area contributed by atoms with Gasteiger partial charge in [0.15, 0.2) is 11.5 Å². The number of hydrogen-bond acceptors (Lipinski definition) is 6. The van der Waals surface area contributed by atoms with Crippen LogP contribution in [0.4, 0.5) is 0 Å². The average Bonchev–Trinajstić information content (AvgIpc) is 2.58. The van der Waals surface area contributed by atoms with E-state index >= 15 is 0 Å². The Morgan fingerprint density at radius 2 is 0.964 bits per heavy atom. The van der Waals surface area contributed by atoms with Crippen LogP contribution in [0.25, 0.3) is 0 Å². The van der Waals surface area contributed by atoms with Gasteiger partial charge in [0.05, 0.1) is 0 Å². The zero-order valence-corrected chi connectivity index (χ0v) is 20.4. The molecule has 28 heavy (non-hydrogen) atoms. The van der Waals surface area contributed by atoms with Crippen molar-refractivity contribution in [3.05, 3.63) is 59.7 Å². The molecule has 0 aliphatic carbocycles. The van der Waals surface area contributed by atoms with Crippen molar-refractivity contribution in [2.45, 2.75) is 52.4 Å². The Hall–Kier alpha value is -0.850. The molecule has 0 radical (unpaired) electrons. The molecule has 0 heterocycles. The molecule has 0 spiro atoms. The molecular weight excluding hydrogens is 390 g/mol. The van der Waals surface area contributed by atoms with Gasteiger partial charge in [0.25, 0.3) is 0 Å². The first-order valence-corrected chi connectivity index (χ1v) is 10.1. The van der Waals surface area contributed by atoms with E-state index in [1.165, 1.54) is 0 Å². The number of hydrogen-bond donors (Lipinski definition) is 0. The summed E-state index contributed by atoms with van der Waals surface area (Å²) >= 11 is 0. The standard InChI is InChI=1S/C20H27O6P.Na/c1-19(2,3)15-7-11-17(12-8-15)23-25-27(21,22)26-24-18-13-9-16(10-14-18)20(4,5)6;/h7-14H,1-6H3,(H,21,22);/q;+1/p-1. The molecular formula is C20H26NaO6P. The maximum absolute atomic E-state index is 11.8. The molecule has 0 aliphatic rings. The van der Waals surface area contributed by atoms with Crippen LogP contribution in [-0.4, -0.2) is 0 Å². The minimum absolute atomic E-state index is 0. The van der Waals surface area contributed by atoms with E-state index in [2.05, 4.69) is 50.9 Å². The SMILES string of the molecule is CC(C)(C)c1ccc(OOP(=O)([O-])OOc2ccc(C(C)(C)C)cc2)cc1.[Na+]. The van der Waals surface area contributed by atoms with E-state index in [9.17, 15) is 9.46 Å². The molecule has 0 bridgehead atoms. The van der Waals surface area contributed by atoms with E-state index in [0.29, 0.717) is 0 Å². The molecule has 0 aliphatic heterocycles. The van der Waals surface area contributed by atoms with Crippen LogP contribution in [0.1, 0.15) is 52.7 Å². The maximum Gasteiger partial charge on any atom is 1.00 e. The fourth-order valence-corrected chi connectivity index (χ4v) is 2.59. The zero-order chi connectivity index (χ0) is 20.3. The predicted molar refractivity (Wildman–Crippen MR) is 101 cm³/mol. The van der Waals surface area contributed by atoms with Gasteiger partial charge in [-0.05, 0) is 46.2 Å². The third-order valence-corrected chi connectivity index (χ3v) is 4.40. The molecule has 148 valence electrons. The second-order valence-electron chi connectivity index (χ2n) is 8.31. The summed E-state index contributed by atoms with van der Waals surface area (Å²) in [6, 6.07) is 13.8. The second kappa shape index (κ2) is 9.77. The van der Waals surface area contributed by atoms with Crippen molar-refractivity contribution in [1.29, 1.82) is 0 Å². The summed E-state index contributed by atoms with van der Waals surface area (Å²) in [6.45, 7) is 12.4. The molecule has 8 heteroatoms. The first-order valence-electron chi connectivity index (χ1n) is 8.61. The van der Waals surface area contributed by atoms with E-state index < -0.39 is 7.82 Å². The largest absolute Gasteiger partial charge is 1.00 e. The molecule has 0 saturated carbocycles. The number of rotatable bonds is 6. The van der Waals surface area contributed by atoms with E-state index in [4.69, 9.17) is 9.78 Å². The van der Waals surface area contributed by atoms with E-state index in [1.807, 2.05) is 24.3 Å². The summed E-state index contributed by atoms with van der Waals surface area (Å²) in [6.07, 6.45) is 0. The van der Waals surface area contributed by atoms with Crippen LogP contribution >= 0.6 is 7.82 Å². The summed E-state index contributed by atoms with van der Waals surface area (Å²) in [7, 11) is -4.81. The Balaban J connectivity index is 0.00000392. The topological polar surface area (TPSA) is 77.1 Å². The van der Waals surface area contributed by atoms with Crippen LogP contribution in [0.2, 0.25) is 0 Å². The molecule has 0 fully saturated rings. The van der Waals surface area contributed by atoms with E-state index in [1.54, 1.807) is 24.3 Å². The van der Waals surface area contributed by atoms with E-state index in [0.717, 1.165) is 11.1 Å². The Morgan fingerprint density at radius 3 is 1.21 bits per heavy atom. The average molecular weight is 416 g/mol. The fourth-order valence-electron chi connectivity index (χ4n) is 2.21. The van der Waals surface area contributed by atoms with Gasteiger partial charge in [0.2, 0.25) is 0 Å². The van der Waals surface area contributed by atoms with E-state index in [-0.39, 0.29) is 51.9 Å². The van der Waals surface area contributed by atoms with Crippen LogP contribution in [-0.2, 0) is 24.7 Å². The van der Waals surface area contributed by atoms with Gasteiger partial charge in [0, 0.05) is 0 Å². The van der Waals surface area contributed by atoms with Crippen LogP contribution in [0, 0.1) is 0 Å². The minimum atomic E-state index is -4.81. The number of phosphoric acid groups is 1. The Morgan fingerprint density at radius 1 is 0.679 bits per heavy atom. The van der Waals surface area contributed by atoms with Gasteiger partial charge in [-0.15, -0.1) is 9.35 Å². The minimum Gasteiger partial charge on any atom is -0.751 e. The van der Waals surface area contributed by atoms with Crippen molar-refractivity contribution in [1.82, 2.24) is 0 Å². The van der Waals surface area contributed by atoms with Crippen LogP contribution < -0.4 is 44.2 Å². The van der Waals surface area contributed by atoms with Crippen molar-refractivity contribution in [2.75, 3.05) is 0 Å². The summed E-state index contributed by atoms with van der Waals surface area (Å²) in [5.74, 6) is 0.467. The molecule has 0 amide bonds. The van der Waals surface area contributed by atoms with Crippen molar-refractivity contribution >= 4 is 7.82 Å². The molecule has 0 unspecified atom stereocenters. The summed E-state index contributed by atoms with van der Waals surface area (Å²) in [5, 5.41) is 0. The Kier molecular flexibility index (Phi) is 8.79. The van der Waals surface area contributed by atoms with Crippen molar-refractivity contribution in [3.63, 3.8) is 0 Å². The molecule has 2 aromatic carbocycles. The smallest absolute Gasteiger partial charge is 0.751 e. The normalized spacial score (nSPS) is 12.2. The predicted octanol–water partition coefficient (Wildman–Crippen LogP) is 2.07. The molecule has 0 saturated heterocycles. The summed E-state index contributed by atoms with van der Waals surface area (Å²) in [5.41, 5.74) is 2.12. The molecule has 0 atom stereocenters.